The van der Waals surface area contributed by atoms with Crippen LogP contribution in [0.15, 0.2) is 5.10 Å². The molecule has 0 saturated carbocycles. The highest BCUT2D eigenvalue weighted by Gasteiger charge is 2.20. The summed E-state index contributed by atoms with van der Waals surface area (Å²) in [6.07, 6.45) is 1.02. The second kappa shape index (κ2) is 2.96. The number of fused-ring (bicyclic) bond motifs is 1. The molecule has 0 amide bonds. The largest absolute Gasteiger partial charge is 0.302 e. The zero-order valence-electron chi connectivity index (χ0n) is 8.12. The van der Waals surface area contributed by atoms with Crippen LogP contribution in [0.2, 0.25) is 0 Å². The van der Waals surface area contributed by atoms with Crippen molar-refractivity contribution in [2.45, 2.75) is 19.9 Å². The molecule has 1 aliphatic heterocycles. The van der Waals surface area contributed by atoms with E-state index in [0.29, 0.717) is 0 Å². The predicted molar refractivity (Wildman–Crippen MR) is 51.9 cm³/mol. The fourth-order valence-corrected chi connectivity index (χ4v) is 1.81. The molecule has 1 aromatic heterocycles. The van der Waals surface area contributed by atoms with E-state index in [4.69, 9.17) is 0 Å². The molecule has 0 atom stereocenters. The van der Waals surface area contributed by atoms with Crippen molar-refractivity contribution in [3.8, 4) is 0 Å². The molecule has 1 aromatic rings. The predicted octanol–water partition coefficient (Wildman–Crippen LogP) is 0.643. The van der Waals surface area contributed by atoms with Gasteiger partial charge in [0, 0.05) is 31.8 Å². The Balaban J connectivity index is 2.47. The molecule has 0 aromatic carbocycles. The summed E-state index contributed by atoms with van der Waals surface area (Å²) in [7, 11) is 2.13. The molecule has 4 heteroatoms. The minimum absolute atomic E-state index is 0.983. The first-order valence-corrected chi connectivity index (χ1v) is 4.45. The molecule has 0 unspecified atom stereocenters. The molecule has 0 radical (unpaired) electrons. The van der Waals surface area contributed by atoms with E-state index in [1.807, 2.05) is 6.92 Å². The van der Waals surface area contributed by atoms with Gasteiger partial charge >= 0.3 is 0 Å². The van der Waals surface area contributed by atoms with E-state index in [-0.39, 0.29) is 0 Å². The van der Waals surface area contributed by atoms with E-state index in [0.717, 1.165) is 25.2 Å². The fourth-order valence-electron chi connectivity index (χ4n) is 1.81. The summed E-state index contributed by atoms with van der Waals surface area (Å²) in [6.45, 7) is 7.60. The van der Waals surface area contributed by atoms with Gasteiger partial charge in [0.05, 0.1) is 11.4 Å². The molecule has 1 aliphatic rings. The van der Waals surface area contributed by atoms with Gasteiger partial charge in [0.15, 0.2) is 0 Å². The van der Waals surface area contributed by atoms with E-state index in [2.05, 4.69) is 28.9 Å². The van der Waals surface area contributed by atoms with Gasteiger partial charge in [-0.15, -0.1) is 0 Å². The summed E-state index contributed by atoms with van der Waals surface area (Å²) in [5.41, 5.74) is 3.63. The molecule has 0 spiro atoms. The van der Waals surface area contributed by atoms with Crippen LogP contribution >= 0.6 is 0 Å². The lowest BCUT2D eigenvalue weighted by atomic mass is 10.1. The summed E-state index contributed by atoms with van der Waals surface area (Å²) in [4.78, 5) is 3.96. The number of nitrogens with zero attached hydrogens (tertiary/aromatic N) is 4. The Morgan fingerprint density at radius 3 is 3.00 bits per heavy atom. The van der Waals surface area contributed by atoms with Crippen molar-refractivity contribution in [1.29, 1.82) is 0 Å². The summed E-state index contributed by atoms with van der Waals surface area (Å²) < 4.78 is 0. The molecule has 0 bridgehead atoms. The van der Waals surface area contributed by atoms with Crippen molar-refractivity contribution >= 4 is 6.72 Å². The summed E-state index contributed by atoms with van der Waals surface area (Å²) in [5, 5.41) is 8.17. The third kappa shape index (κ3) is 1.27. The van der Waals surface area contributed by atoms with Crippen LogP contribution in [0.3, 0.4) is 0 Å². The number of likely N-dealkylation sites (N-methyl/N-ethyl adjacent to an activating group) is 1. The second-order valence-electron chi connectivity index (χ2n) is 3.53. The lowest BCUT2D eigenvalue weighted by Crippen LogP contribution is -2.27. The van der Waals surface area contributed by atoms with E-state index in [1.165, 1.54) is 11.3 Å². The van der Waals surface area contributed by atoms with Gasteiger partial charge in [0.1, 0.15) is 0 Å². The first-order valence-electron chi connectivity index (χ1n) is 4.45. The number of aryl methyl sites for hydroxylation is 1. The monoisotopic (exact) mass is 178 g/mol. The maximum absolute atomic E-state index is 4.31. The average molecular weight is 178 g/mol. The average Bonchev–Trinajstić information content (AvgIpc) is 2.43. The zero-order chi connectivity index (χ0) is 9.42. The molecule has 0 aliphatic carbocycles. The van der Waals surface area contributed by atoms with Gasteiger partial charge in [-0.2, -0.15) is 15.0 Å². The van der Waals surface area contributed by atoms with Gasteiger partial charge < -0.3 is 4.90 Å². The molecule has 2 heterocycles. The Bertz CT molecular complexity index is 340. The third-order valence-corrected chi connectivity index (χ3v) is 2.56. The highest BCUT2D eigenvalue weighted by molar-refractivity contribution is 5.30. The van der Waals surface area contributed by atoms with Crippen molar-refractivity contribution in [3.05, 3.63) is 17.0 Å². The van der Waals surface area contributed by atoms with Gasteiger partial charge in [0.25, 0.3) is 0 Å². The van der Waals surface area contributed by atoms with Crippen LogP contribution < -0.4 is 0 Å². The van der Waals surface area contributed by atoms with Gasteiger partial charge in [-0.25, -0.2) is 0 Å². The number of hydrogen-bond acceptors (Lipinski definition) is 3. The van der Waals surface area contributed by atoms with Crippen molar-refractivity contribution in [2.75, 3.05) is 13.6 Å². The first-order chi connectivity index (χ1) is 6.22. The number of hydrogen-bond donors (Lipinski definition) is 0. The van der Waals surface area contributed by atoms with Crippen LogP contribution in [0, 0.1) is 6.92 Å². The standard InChI is InChI=1S/C9H14N4/c1-7-8-6-12(3)5-4-9(8)13(10-2)11-7/h2,4-6H2,1,3H3. The zero-order valence-corrected chi connectivity index (χ0v) is 8.12. The van der Waals surface area contributed by atoms with Crippen LogP contribution in [0.4, 0.5) is 0 Å². The maximum atomic E-state index is 4.31. The van der Waals surface area contributed by atoms with Crippen LogP contribution in [0.25, 0.3) is 0 Å². The SMILES string of the molecule is C=Nn1nc(C)c2c1CCN(C)C2. The van der Waals surface area contributed by atoms with Gasteiger partial charge in [-0.05, 0) is 14.0 Å². The molecule has 2 rings (SSSR count). The third-order valence-electron chi connectivity index (χ3n) is 2.56. The topological polar surface area (TPSA) is 33.4 Å². The first kappa shape index (κ1) is 8.44. The van der Waals surface area contributed by atoms with E-state index in [1.54, 1.807) is 4.79 Å². The smallest absolute Gasteiger partial charge is 0.0706 e. The molecular formula is C9H14N4. The molecule has 0 saturated heterocycles. The van der Waals surface area contributed by atoms with Crippen LogP contribution in [0.5, 0.6) is 0 Å². The van der Waals surface area contributed by atoms with E-state index in [9.17, 15) is 0 Å². The fraction of sp³-hybridized carbons (Fsp3) is 0.556. The minimum Gasteiger partial charge on any atom is -0.302 e. The highest BCUT2D eigenvalue weighted by Crippen LogP contribution is 2.20. The number of aromatic nitrogens is 2. The van der Waals surface area contributed by atoms with Gasteiger partial charge in [0.2, 0.25) is 0 Å². The molecule has 0 N–H and O–H groups in total. The van der Waals surface area contributed by atoms with Crippen molar-refractivity contribution < 1.29 is 0 Å². The van der Waals surface area contributed by atoms with E-state index < -0.39 is 0 Å². The normalized spacial score (nSPS) is 17.1. The van der Waals surface area contributed by atoms with Gasteiger partial charge in [-0.3, -0.25) is 0 Å². The summed E-state index contributed by atoms with van der Waals surface area (Å²) >= 11 is 0. The lowest BCUT2D eigenvalue weighted by molar-refractivity contribution is 0.308. The molecule has 4 nitrogen and oxygen atoms in total. The molecular weight excluding hydrogens is 164 g/mol. The molecule has 70 valence electrons. The van der Waals surface area contributed by atoms with Crippen molar-refractivity contribution in [3.63, 3.8) is 0 Å². The Morgan fingerprint density at radius 1 is 1.54 bits per heavy atom. The van der Waals surface area contributed by atoms with Crippen LogP contribution in [0.1, 0.15) is 17.0 Å². The molecule has 13 heavy (non-hydrogen) atoms. The van der Waals surface area contributed by atoms with Crippen LogP contribution in [-0.4, -0.2) is 35.1 Å². The lowest BCUT2D eigenvalue weighted by Gasteiger charge is -2.22. The van der Waals surface area contributed by atoms with Crippen molar-refractivity contribution in [1.82, 2.24) is 14.8 Å². The van der Waals surface area contributed by atoms with Crippen LogP contribution in [-0.2, 0) is 13.0 Å². The number of rotatable bonds is 1. The summed E-state index contributed by atoms with van der Waals surface area (Å²) in [5.74, 6) is 0. The Morgan fingerprint density at radius 2 is 2.31 bits per heavy atom. The molecule has 0 fully saturated rings. The summed E-state index contributed by atoms with van der Waals surface area (Å²) in [6, 6.07) is 0. The van der Waals surface area contributed by atoms with Gasteiger partial charge in [-0.1, -0.05) is 0 Å². The Labute approximate surface area is 77.8 Å². The van der Waals surface area contributed by atoms with Crippen molar-refractivity contribution in [2.24, 2.45) is 5.10 Å². The second-order valence-corrected chi connectivity index (χ2v) is 3.53. The minimum atomic E-state index is 0.983. The Kier molecular flexibility index (Phi) is 1.92. The highest BCUT2D eigenvalue weighted by atomic mass is 15.5. The Hall–Kier alpha value is -1.16. The van der Waals surface area contributed by atoms with E-state index >= 15 is 0 Å². The quantitative estimate of drug-likeness (QED) is 0.591. The maximum Gasteiger partial charge on any atom is 0.0706 e.